The molecular weight excluding hydrogens is 202 g/mol. The molecule has 1 rings (SSSR count). The van der Waals surface area contributed by atoms with Crippen molar-refractivity contribution in [2.75, 3.05) is 12.5 Å². The molecule has 2 nitrogen and oxygen atoms in total. The van der Waals surface area contributed by atoms with Crippen molar-refractivity contribution in [2.24, 2.45) is 0 Å². The molecular formula is C9H11NOS2. The molecule has 0 saturated heterocycles. The first-order valence-electron chi connectivity index (χ1n) is 3.71. The number of hydrogen-bond acceptors (Lipinski definition) is 4. The van der Waals surface area contributed by atoms with E-state index < -0.39 is 0 Å². The number of thioether (sulfide) groups is 2. The summed E-state index contributed by atoms with van der Waals surface area (Å²) in [6, 6.07) is 3.65. The Kier molecular flexibility index (Phi) is 4.18. The monoisotopic (exact) mass is 213 g/mol. The topological polar surface area (TPSA) is 33.1 Å². The van der Waals surface area contributed by atoms with Gasteiger partial charge in [-0.3, -0.25) is 4.98 Å². The SMILES string of the molecule is CSC(SC)=C(O)c1cccnc1. The Balaban J connectivity index is 3.01. The molecule has 1 N–H and O–H groups in total. The van der Waals surface area contributed by atoms with Crippen LogP contribution in [0, 0.1) is 0 Å². The summed E-state index contributed by atoms with van der Waals surface area (Å²) in [6.07, 6.45) is 7.23. The Morgan fingerprint density at radius 2 is 2.08 bits per heavy atom. The minimum Gasteiger partial charge on any atom is -0.506 e. The van der Waals surface area contributed by atoms with Gasteiger partial charge in [0.05, 0.1) is 4.24 Å². The Morgan fingerprint density at radius 1 is 1.38 bits per heavy atom. The van der Waals surface area contributed by atoms with E-state index >= 15 is 0 Å². The molecule has 4 heteroatoms. The molecule has 0 atom stereocenters. The smallest absolute Gasteiger partial charge is 0.144 e. The van der Waals surface area contributed by atoms with E-state index in [1.54, 1.807) is 12.4 Å². The molecule has 1 aromatic heterocycles. The fourth-order valence-corrected chi connectivity index (χ4v) is 2.19. The maximum Gasteiger partial charge on any atom is 0.144 e. The minimum atomic E-state index is 0.313. The van der Waals surface area contributed by atoms with Gasteiger partial charge in [0.15, 0.2) is 0 Å². The first-order chi connectivity index (χ1) is 6.29. The van der Waals surface area contributed by atoms with E-state index in [4.69, 9.17) is 0 Å². The van der Waals surface area contributed by atoms with Crippen LogP contribution in [0.2, 0.25) is 0 Å². The molecule has 0 radical (unpaired) electrons. The number of aliphatic hydroxyl groups is 1. The molecule has 1 aromatic rings. The average molecular weight is 213 g/mol. The number of aromatic nitrogens is 1. The zero-order valence-corrected chi connectivity index (χ0v) is 9.15. The number of pyridine rings is 1. The highest BCUT2D eigenvalue weighted by atomic mass is 32.2. The summed E-state index contributed by atoms with van der Waals surface area (Å²) in [5.41, 5.74) is 0.765. The Labute approximate surface area is 86.5 Å². The maximum absolute atomic E-state index is 9.78. The molecule has 1 heterocycles. The van der Waals surface area contributed by atoms with Crippen LogP contribution < -0.4 is 0 Å². The Bertz CT molecular complexity index is 292. The normalized spacial score (nSPS) is 9.69. The van der Waals surface area contributed by atoms with Gasteiger partial charge >= 0.3 is 0 Å². The molecule has 0 aromatic carbocycles. The third-order valence-electron chi connectivity index (χ3n) is 1.50. The number of rotatable bonds is 3. The lowest BCUT2D eigenvalue weighted by atomic mass is 10.2. The van der Waals surface area contributed by atoms with Crippen LogP contribution in [0.5, 0.6) is 0 Å². The molecule has 70 valence electrons. The summed E-state index contributed by atoms with van der Waals surface area (Å²) in [7, 11) is 0. The van der Waals surface area contributed by atoms with Crippen molar-refractivity contribution in [3.63, 3.8) is 0 Å². The van der Waals surface area contributed by atoms with E-state index in [9.17, 15) is 5.11 Å². The fourth-order valence-electron chi connectivity index (χ4n) is 0.897. The minimum absolute atomic E-state index is 0.313. The van der Waals surface area contributed by atoms with Crippen LogP contribution in [-0.2, 0) is 0 Å². The van der Waals surface area contributed by atoms with Crippen LogP contribution in [0.3, 0.4) is 0 Å². The third-order valence-corrected chi connectivity index (χ3v) is 3.63. The van der Waals surface area contributed by atoms with E-state index in [0.29, 0.717) is 5.76 Å². The highest BCUT2D eigenvalue weighted by Crippen LogP contribution is 2.30. The molecule has 0 aliphatic rings. The van der Waals surface area contributed by atoms with Crippen molar-refractivity contribution < 1.29 is 5.11 Å². The van der Waals surface area contributed by atoms with Crippen molar-refractivity contribution in [1.82, 2.24) is 4.98 Å². The lowest BCUT2D eigenvalue weighted by Gasteiger charge is -2.04. The predicted octanol–water partition coefficient (Wildman–Crippen LogP) is 2.99. The summed E-state index contributed by atoms with van der Waals surface area (Å²) >= 11 is 3.08. The van der Waals surface area contributed by atoms with Crippen molar-refractivity contribution >= 4 is 29.3 Å². The second-order valence-electron chi connectivity index (χ2n) is 2.29. The van der Waals surface area contributed by atoms with Gasteiger partial charge in [0.2, 0.25) is 0 Å². The largest absolute Gasteiger partial charge is 0.506 e. The summed E-state index contributed by atoms with van der Waals surface area (Å²) in [5, 5.41) is 9.78. The lowest BCUT2D eigenvalue weighted by Crippen LogP contribution is -1.86. The Hall–Kier alpha value is -0.610. The average Bonchev–Trinajstić information content (AvgIpc) is 2.21. The molecule has 13 heavy (non-hydrogen) atoms. The number of hydrogen-bond donors (Lipinski definition) is 1. The molecule has 0 bridgehead atoms. The van der Waals surface area contributed by atoms with Crippen molar-refractivity contribution in [3.8, 4) is 0 Å². The maximum atomic E-state index is 9.78. The van der Waals surface area contributed by atoms with Gasteiger partial charge in [-0.1, -0.05) is 0 Å². The summed E-state index contributed by atoms with van der Waals surface area (Å²) in [6.45, 7) is 0. The lowest BCUT2D eigenvalue weighted by molar-refractivity contribution is 0.512. The second kappa shape index (κ2) is 5.19. The summed E-state index contributed by atoms with van der Waals surface area (Å²) < 4.78 is 0.910. The van der Waals surface area contributed by atoms with Gasteiger partial charge in [-0.05, 0) is 24.6 Å². The zero-order chi connectivity index (χ0) is 9.68. The van der Waals surface area contributed by atoms with E-state index in [2.05, 4.69) is 4.98 Å². The number of aliphatic hydroxyl groups excluding tert-OH is 1. The Morgan fingerprint density at radius 3 is 2.54 bits per heavy atom. The molecule has 0 aliphatic heterocycles. The van der Waals surface area contributed by atoms with Crippen LogP contribution in [0.25, 0.3) is 5.76 Å². The van der Waals surface area contributed by atoms with Crippen molar-refractivity contribution in [2.45, 2.75) is 0 Å². The molecule has 0 aliphatic carbocycles. The zero-order valence-electron chi connectivity index (χ0n) is 7.52. The molecule has 0 amide bonds. The van der Waals surface area contributed by atoms with Gasteiger partial charge in [0, 0.05) is 18.0 Å². The standard InChI is InChI=1S/C9H11NOS2/c1-12-9(13-2)8(11)7-4-3-5-10-6-7/h3-6,11H,1-2H3. The third kappa shape index (κ3) is 2.67. The van der Waals surface area contributed by atoms with Crippen molar-refractivity contribution in [1.29, 1.82) is 0 Å². The van der Waals surface area contributed by atoms with E-state index in [-0.39, 0.29) is 0 Å². The van der Waals surface area contributed by atoms with Crippen LogP contribution in [-0.4, -0.2) is 22.6 Å². The quantitative estimate of drug-likeness (QED) is 0.782. The fraction of sp³-hybridized carbons (Fsp3) is 0.222. The highest BCUT2D eigenvalue weighted by Gasteiger charge is 2.05. The van der Waals surface area contributed by atoms with Gasteiger partial charge in [-0.2, -0.15) is 0 Å². The van der Waals surface area contributed by atoms with E-state index in [1.807, 2.05) is 24.6 Å². The van der Waals surface area contributed by atoms with Gasteiger partial charge in [-0.15, -0.1) is 23.5 Å². The first kappa shape index (κ1) is 10.5. The van der Waals surface area contributed by atoms with Gasteiger partial charge in [-0.25, -0.2) is 0 Å². The van der Waals surface area contributed by atoms with Crippen LogP contribution in [0.4, 0.5) is 0 Å². The predicted molar refractivity (Wildman–Crippen MR) is 60.8 cm³/mol. The van der Waals surface area contributed by atoms with E-state index in [1.165, 1.54) is 23.5 Å². The van der Waals surface area contributed by atoms with Crippen LogP contribution in [0.1, 0.15) is 5.56 Å². The highest BCUT2D eigenvalue weighted by molar-refractivity contribution is 8.21. The van der Waals surface area contributed by atoms with Gasteiger partial charge in [0.25, 0.3) is 0 Å². The number of nitrogens with zero attached hydrogens (tertiary/aromatic N) is 1. The van der Waals surface area contributed by atoms with E-state index in [0.717, 1.165) is 9.80 Å². The summed E-state index contributed by atoms with van der Waals surface area (Å²) in [5.74, 6) is 0.313. The van der Waals surface area contributed by atoms with Gasteiger partial charge in [0.1, 0.15) is 5.76 Å². The van der Waals surface area contributed by atoms with Crippen molar-refractivity contribution in [3.05, 3.63) is 34.3 Å². The molecule has 0 unspecified atom stereocenters. The first-order valence-corrected chi connectivity index (χ1v) is 6.16. The molecule has 0 spiro atoms. The van der Waals surface area contributed by atoms with Crippen LogP contribution in [0.15, 0.2) is 28.8 Å². The van der Waals surface area contributed by atoms with Crippen LogP contribution >= 0.6 is 23.5 Å². The summed E-state index contributed by atoms with van der Waals surface area (Å²) in [4.78, 5) is 3.94. The molecule has 0 fully saturated rings. The van der Waals surface area contributed by atoms with Gasteiger partial charge < -0.3 is 5.11 Å². The molecule has 0 saturated carbocycles. The second-order valence-corrected chi connectivity index (χ2v) is 4.18.